The van der Waals surface area contributed by atoms with E-state index in [1.165, 1.54) is 10.5 Å². The molecule has 0 spiro atoms. The molecule has 2 heterocycles. The Morgan fingerprint density at radius 1 is 1.35 bits per heavy atom. The van der Waals surface area contributed by atoms with Crippen LogP contribution < -0.4 is 5.32 Å². The molecule has 4 nitrogen and oxygen atoms in total. The van der Waals surface area contributed by atoms with Crippen LogP contribution in [0.4, 0.5) is 0 Å². The summed E-state index contributed by atoms with van der Waals surface area (Å²) in [5.74, 6) is 0.00324. The van der Waals surface area contributed by atoms with Crippen molar-refractivity contribution in [1.29, 1.82) is 0 Å². The molecule has 1 N–H and O–H groups in total. The zero-order chi connectivity index (χ0) is 12.2. The molecule has 0 aromatic carbocycles. The molecule has 2 aliphatic heterocycles. The molecular formula is C13H18N2O2. The summed E-state index contributed by atoms with van der Waals surface area (Å²) in [6.45, 7) is 6.34. The van der Waals surface area contributed by atoms with Crippen LogP contribution in [-0.4, -0.2) is 36.3 Å². The van der Waals surface area contributed by atoms with Crippen molar-refractivity contribution in [3.63, 3.8) is 0 Å². The Bertz CT molecular complexity index is 401. The zero-order valence-corrected chi connectivity index (χ0v) is 10.3. The van der Waals surface area contributed by atoms with Crippen LogP contribution in [0.1, 0.15) is 20.3 Å². The summed E-state index contributed by atoms with van der Waals surface area (Å²) in [6, 6.07) is 0. The Labute approximate surface area is 101 Å². The fraction of sp³-hybridized carbons (Fsp3) is 0.692. The van der Waals surface area contributed by atoms with Gasteiger partial charge in [-0.2, -0.15) is 0 Å². The van der Waals surface area contributed by atoms with Gasteiger partial charge in [-0.05, 0) is 18.4 Å². The second-order valence-corrected chi connectivity index (χ2v) is 5.86. The van der Waals surface area contributed by atoms with Crippen molar-refractivity contribution in [2.45, 2.75) is 20.3 Å². The SMILES string of the molecule is CC1(C)C2C(=O)N(CC3=CCNCC3)C(=O)C21. The third-order valence-corrected chi connectivity index (χ3v) is 4.41. The average Bonchev–Trinajstić information content (AvgIpc) is 2.78. The monoisotopic (exact) mass is 234 g/mol. The number of hydrogen-bond donors (Lipinski definition) is 1. The number of nitrogens with zero attached hydrogens (tertiary/aromatic N) is 1. The van der Waals surface area contributed by atoms with Crippen molar-refractivity contribution in [2.75, 3.05) is 19.6 Å². The van der Waals surface area contributed by atoms with Gasteiger partial charge >= 0.3 is 0 Å². The third kappa shape index (κ3) is 1.47. The van der Waals surface area contributed by atoms with E-state index in [4.69, 9.17) is 0 Å². The van der Waals surface area contributed by atoms with E-state index in [0.29, 0.717) is 6.54 Å². The van der Waals surface area contributed by atoms with Gasteiger partial charge in [0, 0.05) is 13.1 Å². The second-order valence-electron chi connectivity index (χ2n) is 5.86. The van der Waals surface area contributed by atoms with Gasteiger partial charge in [-0.25, -0.2) is 0 Å². The van der Waals surface area contributed by atoms with Crippen LogP contribution in [0.2, 0.25) is 0 Å². The molecule has 1 saturated carbocycles. The number of nitrogens with one attached hydrogen (secondary N) is 1. The smallest absolute Gasteiger partial charge is 0.233 e. The van der Waals surface area contributed by atoms with E-state index in [-0.39, 0.29) is 29.1 Å². The first-order valence-corrected chi connectivity index (χ1v) is 6.27. The van der Waals surface area contributed by atoms with Crippen LogP contribution in [0.15, 0.2) is 11.6 Å². The van der Waals surface area contributed by atoms with Crippen LogP contribution in [-0.2, 0) is 9.59 Å². The van der Waals surface area contributed by atoms with Crippen LogP contribution in [0.5, 0.6) is 0 Å². The minimum Gasteiger partial charge on any atom is -0.313 e. The van der Waals surface area contributed by atoms with Crippen LogP contribution in [0, 0.1) is 17.3 Å². The van der Waals surface area contributed by atoms with Gasteiger partial charge in [0.2, 0.25) is 11.8 Å². The van der Waals surface area contributed by atoms with Crippen molar-refractivity contribution < 1.29 is 9.59 Å². The molecular weight excluding hydrogens is 216 g/mol. The van der Waals surface area contributed by atoms with Crippen molar-refractivity contribution >= 4 is 11.8 Å². The molecule has 0 aromatic rings. The fourth-order valence-corrected chi connectivity index (χ4v) is 3.18. The molecule has 0 radical (unpaired) electrons. The predicted octanol–water partition coefficient (Wildman–Crippen LogP) is 0.547. The maximum absolute atomic E-state index is 12.1. The van der Waals surface area contributed by atoms with Gasteiger partial charge in [0.1, 0.15) is 0 Å². The van der Waals surface area contributed by atoms with Gasteiger partial charge in [0.25, 0.3) is 0 Å². The molecule has 92 valence electrons. The number of hydrogen-bond acceptors (Lipinski definition) is 3. The molecule has 0 aromatic heterocycles. The van der Waals surface area contributed by atoms with Gasteiger partial charge in [0.15, 0.2) is 0 Å². The lowest BCUT2D eigenvalue weighted by atomic mass is 10.0. The van der Waals surface area contributed by atoms with Crippen LogP contribution in [0.25, 0.3) is 0 Å². The standard InChI is InChI=1S/C13H18N2O2/c1-13(2)9-10(13)12(17)15(11(9)16)7-8-3-5-14-6-4-8/h3,9-10,14H,4-7H2,1-2H3. The minimum atomic E-state index is -0.0901. The highest BCUT2D eigenvalue weighted by Gasteiger charge is 2.72. The summed E-state index contributed by atoms with van der Waals surface area (Å²) in [6.07, 6.45) is 3.04. The molecule has 2 fully saturated rings. The van der Waals surface area contributed by atoms with Crippen LogP contribution >= 0.6 is 0 Å². The Hall–Kier alpha value is -1.16. The van der Waals surface area contributed by atoms with E-state index in [1.807, 2.05) is 13.8 Å². The quantitative estimate of drug-likeness (QED) is 0.560. The Kier molecular flexibility index (Phi) is 2.20. The number of carbonyl (C=O) groups is 2. The lowest BCUT2D eigenvalue weighted by Crippen LogP contribution is -2.38. The topological polar surface area (TPSA) is 49.4 Å². The summed E-state index contributed by atoms with van der Waals surface area (Å²) in [5.41, 5.74) is 1.12. The average molecular weight is 234 g/mol. The number of imide groups is 1. The fourth-order valence-electron chi connectivity index (χ4n) is 3.18. The van der Waals surface area contributed by atoms with Crippen molar-refractivity contribution in [3.8, 4) is 0 Å². The molecule has 1 aliphatic carbocycles. The second kappa shape index (κ2) is 3.42. The number of piperidine rings is 1. The van der Waals surface area contributed by atoms with E-state index in [0.717, 1.165) is 19.5 Å². The maximum Gasteiger partial charge on any atom is 0.233 e. The Morgan fingerprint density at radius 2 is 2.00 bits per heavy atom. The zero-order valence-electron chi connectivity index (χ0n) is 10.3. The van der Waals surface area contributed by atoms with Crippen LogP contribution in [0.3, 0.4) is 0 Å². The lowest BCUT2D eigenvalue weighted by Gasteiger charge is -2.23. The van der Waals surface area contributed by atoms with E-state index < -0.39 is 0 Å². The summed E-state index contributed by atoms with van der Waals surface area (Å²) < 4.78 is 0. The highest BCUT2D eigenvalue weighted by atomic mass is 16.2. The summed E-state index contributed by atoms with van der Waals surface area (Å²) in [7, 11) is 0. The van der Waals surface area contributed by atoms with E-state index in [9.17, 15) is 9.59 Å². The molecule has 0 bridgehead atoms. The normalized spacial score (nSPS) is 34.7. The molecule has 17 heavy (non-hydrogen) atoms. The molecule has 1 saturated heterocycles. The van der Waals surface area contributed by atoms with Gasteiger partial charge in [-0.1, -0.05) is 25.5 Å². The first kappa shape index (κ1) is 11.0. The lowest BCUT2D eigenvalue weighted by molar-refractivity contribution is -0.142. The van der Waals surface area contributed by atoms with E-state index in [2.05, 4.69) is 11.4 Å². The Morgan fingerprint density at radius 3 is 2.53 bits per heavy atom. The number of rotatable bonds is 2. The minimum absolute atomic E-state index is 0.0442. The summed E-state index contributed by atoms with van der Waals surface area (Å²) in [5, 5.41) is 3.23. The number of likely N-dealkylation sites (tertiary alicyclic amines) is 1. The molecule has 3 aliphatic rings. The van der Waals surface area contributed by atoms with Crippen molar-refractivity contribution in [1.82, 2.24) is 10.2 Å². The first-order valence-electron chi connectivity index (χ1n) is 6.27. The number of carbonyl (C=O) groups excluding carboxylic acids is 2. The largest absolute Gasteiger partial charge is 0.313 e. The van der Waals surface area contributed by atoms with Crippen molar-refractivity contribution in [2.24, 2.45) is 17.3 Å². The predicted molar refractivity (Wildman–Crippen MR) is 63.1 cm³/mol. The van der Waals surface area contributed by atoms with E-state index >= 15 is 0 Å². The summed E-state index contributed by atoms with van der Waals surface area (Å²) in [4.78, 5) is 25.7. The highest BCUT2D eigenvalue weighted by Crippen LogP contribution is 2.63. The van der Waals surface area contributed by atoms with Gasteiger partial charge in [-0.3, -0.25) is 14.5 Å². The molecule has 3 rings (SSSR count). The number of fused-ring (bicyclic) bond motifs is 1. The first-order chi connectivity index (χ1) is 8.03. The number of amides is 2. The molecule has 2 unspecified atom stereocenters. The van der Waals surface area contributed by atoms with Gasteiger partial charge in [-0.15, -0.1) is 0 Å². The molecule has 4 heteroatoms. The van der Waals surface area contributed by atoms with Gasteiger partial charge in [0.05, 0.1) is 11.8 Å². The van der Waals surface area contributed by atoms with Crippen molar-refractivity contribution in [3.05, 3.63) is 11.6 Å². The third-order valence-electron chi connectivity index (χ3n) is 4.41. The molecule has 2 amide bonds. The van der Waals surface area contributed by atoms with E-state index in [1.54, 1.807) is 0 Å². The highest BCUT2D eigenvalue weighted by molar-refractivity contribution is 6.10. The summed E-state index contributed by atoms with van der Waals surface area (Å²) >= 11 is 0. The van der Waals surface area contributed by atoms with Gasteiger partial charge < -0.3 is 5.32 Å². The maximum atomic E-state index is 12.1. The Balaban J connectivity index is 1.73. The molecule has 2 atom stereocenters.